The molecule has 2 amide bonds. The molecule has 0 unspecified atom stereocenters. The highest BCUT2D eigenvalue weighted by atomic mass is 16.5. The Morgan fingerprint density at radius 2 is 1.72 bits per heavy atom. The van der Waals surface area contributed by atoms with E-state index in [4.69, 9.17) is 14.6 Å². The second-order valence-electron chi connectivity index (χ2n) is 17.0. The van der Waals surface area contributed by atoms with E-state index in [1.165, 1.54) is 12.8 Å². The van der Waals surface area contributed by atoms with Gasteiger partial charge in [0.1, 0.15) is 30.0 Å². The number of hydrogen-bond acceptors (Lipinski definition) is 9. The van der Waals surface area contributed by atoms with E-state index in [0.29, 0.717) is 18.5 Å². The maximum absolute atomic E-state index is 13.8. The van der Waals surface area contributed by atoms with Crippen molar-refractivity contribution in [2.24, 2.45) is 0 Å². The third kappa shape index (κ3) is 8.89. The number of amides is 2. The fourth-order valence-corrected chi connectivity index (χ4v) is 8.37. The number of hydrogen-bond donors (Lipinski definition) is 2. The van der Waals surface area contributed by atoms with Gasteiger partial charge in [0.2, 0.25) is 5.95 Å². The number of ether oxygens (including phenoxy) is 2. The lowest BCUT2D eigenvalue weighted by molar-refractivity contribution is 0.171. The molecule has 2 N–H and O–H groups in total. The molecule has 2 saturated heterocycles. The predicted octanol–water partition coefficient (Wildman–Crippen LogP) is 7.38. The SMILES string of the molecule is C[C@H]1CCCCN1c1nnc2ccc(O[C@@H]3CC[C@H](NC(=O)Nc4cc(C(C)(C)C)nn4-c4cccc(OCCN5CCCN(C)CC5)c4)c4ccccc43)cn12. The maximum Gasteiger partial charge on any atom is 0.320 e. The zero-order chi connectivity index (χ0) is 39.5. The number of nitrogens with one attached hydrogen (secondary N) is 2. The average molecular weight is 775 g/mol. The minimum absolute atomic E-state index is 0.162. The van der Waals surface area contributed by atoms with Crippen LogP contribution in [0.3, 0.4) is 0 Å². The van der Waals surface area contributed by atoms with Gasteiger partial charge in [-0.2, -0.15) is 5.10 Å². The van der Waals surface area contributed by atoms with Crippen LogP contribution in [0, 0.1) is 0 Å². The molecular weight excluding hydrogens is 717 g/mol. The zero-order valence-electron chi connectivity index (χ0n) is 34.2. The van der Waals surface area contributed by atoms with Gasteiger partial charge in [-0.25, -0.2) is 9.48 Å². The van der Waals surface area contributed by atoms with Gasteiger partial charge in [0.25, 0.3) is 0 Å². The van der Waals surface area contributed by atoms with E-state index in [1.54, 1.807) is 4.68 Å². The Morgan fingerprint density at radius 3 is 2.56 bits per heavy atom. The maximum atomic E-state index is 13.8. The minimum atomic E-state index is -0.288. The molecule has 5 heterocycles. The van der Waals surface area contributed by atoms with Crippen LogP contribution < -0.4 is 25.0 Å². The molecule has 3 aromatic heterocycles. The lowest BCUT2D eigenvalue weighted by Gasteiger charge is -2.33. The van der Waals surface area contributed by atoms with Crippen LogP contribution in [0.15, 0.2) is 72.9 Å². The second kappa shape index (κ2) is 16.8. The van der Waals surface area contributed by atoms with E-state index in [1.807, 2.05) is 60.8 Å². The minimum Gasteiger partial charge on any atom is -0.492 e. The van der Waals surface area contributed by atoms with Gasteiger partial charge in [0.05, 0.1) is 23.6 Å². The van der Waals surface area contributed by atoms with E-state index in [2.05, 4.69) is 86.8 Å². The molecule has 0 saturated carbocycles. The number of likely N-dealkylation sites (N-methyl/N-ethyl adjacent to an activating group) is 1. The molecule has 57 heavy (non-hydrogen) atoms. The van der Waals surface area contributed by atoms with Gasteiger partial charge >= 0.3 is 6.03 Å². The monoisotopic (exact) mass is 774 g/mol. The van der Waals surface area contributed by atoms with Gasteiger partial charge in [-0.1, -0.05) is 51.1 Å². The van der Waals surface area contributed by atoms with Crippen LogP contribution in [0.1, 0.15) is 95.2 Å². The topological polar surface area (TPSA) is 117 Å². The Labute approximate surface area is 336 Å². The van der Waals surface area contributed by atoms with Crippen LogP contribution in [-0.2, 0) is 5.41 Å². The number of rotatable bonds is 10. The van der Waals surface area contributed by atoms with E-state index in [-0.39, 0.29) is 23.6 Å². The number of piperidine rings is 1. The molecule has 1 aliphatic carbocycles. The van der Waals surface area contributed by atoms with Crippen molar-refractivity contribution in [2.45, 2.75) is 89.8 Å². The number of nitrogens with zero attached hydrogens (tertiary/aromatic N) is 8. The number of carbonyl (C=O) groups is 1. The first-order valence-corrected chi connectivity index (χ1v) is 20.8. The number of carbonyl (C=O) groups excluding carboxylic acids is 1. The standard InChI is InChI=1S/C44H58N10O3/c1-31-12-8-9-23-52(31)43-48-47-40-20-17-34(30-53(40)43)57-38-19-18-37(35-15-6-7-16-36(35)38)45-42(55)46-41-29-39(44(2,3)4)49-54(41)32-13-10-14-33(28-32)56-27-26-51-22-11-21-50(5)24-25-51/h6-7,10,13-17,20,28-31,37-38H,8-9,11-12,18-19,21-27H2,1-5H3,(H2,45,46,55)/t31-,37-,38+/m0/s1. The molecule has 302 valence electrons. The lowest BCUT2D eigenvalue weighted by atomic mass is 9.85. The fourth-order valence-electron chi connectivity index (χ4n) is 8.37. The summed E-state index contributed by atoms with van der Waals surface area (Å²) in [6.45, 7) is 15.5. The van der Waals surface area contributed by atoms with Crippen LogP contribution >= 0.6 is 0 Å². The Morgan fingerprint density at radius 1 is 0.860 bits per heavy atom. The molecule has 5 aromatic rings. The number of urea groups is 1. The first-order valence-electron chi connectivity index (χ1n) is 20.8. The molecule has 2 fully saturated rings. The molecule has 13 heteroatoms. The van der Waals surface area contributed by atoms with E-state index >= 15 is 0 Å². The third-order valence-electron chi connectivity index (χ3n) is 11.7. The summed E-state index contributed by atoms with van der Waals surface area (Å²) in [6, 6.07) is 22.0. The van der Waals surface area contributed by atoms with Crippen LogP contribution in [0.25, 0.3) is 11.3 Å². The van der Waals surface area contributed by atoms with Gasteiger partial charge in [0, 0.05) is 49.8 Å². The highest BCUT2D eigenvalue weighted by molar-refractivity contribution is 5.89. The first-order chi connectivity index (χ1) is 27.6. The summed E-state index contributed by atoms with van der Waals surface area (Å²) in [4.78, 5) is 21.1. The lowest BCUT2D eigenvalue weighted by Crippen LogP contribution is -2.38. The molecular formula is C44H58N10O3. The Kier molecular flexibility index (Phi) is 11.4. The molecule has 0 spiro atoms. The molecule has 3 aliphatic rings. The molecule has 2 aromatic carbocycles. The van der Waals surface area contributed by atoms with Crippen LogP contribution in [0.5, 0.6) is 11.5 Å². The highest BCUT2D eigenvalue weighted by Gasteiger charge is 2.31. The van der Waals surface area contributed by atoms with Crippen LogP contribution in [-0.4, -0.2) is 99.2 Å². The largest absolute Gasteiger partial charge is 0.492 e. The van der Waals surface area contributed by atoms with Crippen molar-refractivity contribution in [2.75, 3.05) is 63.1 Å². The number of pyridine rings is 1. The van der Waals surface area contributed by atoms with Crippen molar-refractivity contribution in [1.29, 1.82) is 0 Å². The summed E-state index contributed by atoms with van der Waals surface area (Å²) in [7, 11) is 2.19. The Hall–Kier alpha value is -5.14. The van der Waals surface area contributed by atoms with Crippen molar-refractivity contribution in [3.05, 3.63) is 89.7 Å². The predicted molar refractivity (Wildman–Crippen MR) is 224 cm³/mol. The van der Waals surface area contributed by atoms with Crippen LogP contribution in [0.4, 0.5) is 16.6 Å². The van der Waals surface area contributed by atoms with Crippen molar-refractivity contribution >= 4 is 23.4 Å². The normalized spacial score (nSPS) is 20.9. The van der Waals surface area contributed by atoms with Gasteiger partial charge in [-0.05, 0) is 101 Å². The van der Waals surface area contributed by atoms with Crippen molar-refractivity contribution in [3.63, 3.8) is 0 Å². The first kappa shape index (κ1) is 38.7. The second-order valence-corrected chi connectivity index (χ2v) is 17.0. The molecule has 0 radical (unpaired) electrons. The Balaban J connectivity index is 0.949. The average Bonchev–Trinajstić information content (AvgIpc) is 3.76. The molecule has 8 rings (SSSR count). The third-order valence-corrected chi connectivity index (χ3v) is 11.7. The van der Waals surface area contributed by atoms with E-state index < -0.39 is 0 Å². The summed E-state index contributed by atoms with van der Waals surface area (Å²) in [5.41, 5.74) is 4.40. The molecule has 2 aliphatic heterocycles. The summed E-state index contributed by atoms with van der Waals surface area (Å²) < 4.78 is 16.8. The highest BCUT2D eigenvalue weighted by Crippen LogP contribution is 2.39. The van der Waals surface area contributed by atoms with Gasteiger partial charge in [-0.15, -0.1) is 10.2 Å². The molecule has 13 nitrogen and oxygen atoms in total. The Bertz CT molecular complexity index is 2160. The number of fused-ring (bicyclic) bond motifs is 2. The summed E-state index contributed by atoms with van der Waals surface area (Å²) in [5.74, 6) is 3.00. The summed E-state index contributed by atoms with van der Waals surface area (Å²) in [5, 5.41) is 20.4. The molecule has 0 bridgehead atoms. The van der Waals surface area contributed by atoms with E-state index in [0.717, 1.165) is 111 Å². The van der Waals surface area contributed by atoms with Gasteiger partial charge in [-0.3, -0.25) is 14.6 Å². The number of benzene rings is 2. The number of anilines is 2. The van der Waals surface area contributed by atoms with Crippen molar-refractivity contribution < 1.29 is 14.3 Å². The van der Waals surface area contributed by atoms with Crippen LogP contribution in [0.2, 0.25) is 0 Å². The number of aromatic nitrogens is 5. The summed E-state index contributed by atoms with van der Waals surface area (Å²) in [6.07, 6.45) is 8.04. The van der Waals surface area contributed by atoms with Gasteiger partial charge < -0.3 is 24.6 Å². The fraction of sp³-hybridized carbons (Fsp3) is 0.500. The smallest absolute Gasteiger partial charge is 0.320 e. The summed E-state index contributed by atoms with van der Waals surface area (Å²) >= 11 is 0. The zero-order valence-corrected chi connectivity index (χ0v) is 34.2. The molecule has 3 atom stereocenters. The van der Waals surface area contributed by atoms with Crippen molar-refractivity contribution in [1.82, 2.24) is 39.5 Å². The van der Waals surface area contributed by atoms with Crippen molar-refractivity contribution in [3.8, 4) is 17.2 Å². The quantitative estimate of drug-likeness (QED) is 0.150. The van der Waals surface area contributed by atoms with Gasteiger partial charge in [0.15, 0.2) is 5.65 Å². The van der Waals surface area contributed by atoms with E-state index in [9.17, 15) is 4.79 Å².